The van der Waals surface area contributed by atoms with Gasteiger partial charge in [-0.15, -0.1) is 0 Å². The number of rotatable bonds is 6. The van der Waals surface area contributed by atoms with Crippen LogP contribution in [-0.2, 0) is 13.6 Å². The van der Waals surface area contributed by atoms with Crippen LogP contribution < -0.4 is 10.3 Å². The molecule has 0 bridgehead atoms. The van der Waals surface area contributed by atoms with Gasteiger partial charge in [0.1, 0.15) is 5.75 Å². The average Bonchev–Trinajstić information content (AvgIpc) is 2.64. The van der Waals surface area contributed by atoms with E-state index in [9.17, 15) is 4.79 Å². The van der Waals surface area contributed by atoms with Crippen LogP contribution in [0.3, 0.4) is 0 Å². The Morgan fingerprint density at radius 2 is 1.92 bits per heavy atom. The maximum atomic E-state index is 11.9. The summed E-state index contributed by atoms with van der Waals surface area (Å²) >= 11 is 0. The van der Waals surface area contributed by atoms with Gasteiger partial charge in [-0.3, -0.25) is 9.69 Å². The summed E-state index contributed by atoms with van der Waals surface area (Å²) in [6.07, 6.45) is 5.11. The molecule has 0 radical (unpaired) electrons. The van der Waals surface area contributed by atoms with E-state index < -0.39 is 0 Å². The van der Waals surface area contributed by atoms with Crippen LogP contribution in [0.15, 0.2) is 47.4 Å². The average molecular weight is 340 g/mol. The number of ether oxygens (including phenoxy) is 1. The molecule has 0 amide bonds. The lowest BCUT2D eigenvalue weighted by Crippen LogP contribution is -2.33. The van der Waals surface area contributed by atoms with Gasteiger partial charge in [-0.2, -0.15) is 0 Å². The second-order valence-corrected chi connectivity index (χ2v) is 6.92. The van der Waals surface area contributed by atoms with Gasteiger partial charge >= 0.3 is 0 Å². The molecule has 0 spiro atoms. The molecule has 1 aromatic heterocycles. The number of aromatic nitrogens is 1. The molecule has 0 unspecified atom stereocenters. The molecule has 25 heavy (non-hydrogen) atoms. The number of aryl methyl sites for hydroxylation is 1. The molecule has 3 rings (SSSR count). The van der Waals surface area contributed by atoms with Crippen LogP contribution >= 0.6 is 0 Å². The predicted octanol–water partition coefficient (Wildman–Crippen LogP) is 3.55. The topological polar surface area (TPSA) is 34.5 Å². The smallest absolute Gasteiger partial charge is 0.250 e. The first-order valence-electron chi connectivity index (χ1n) is 9.27. The van der Waals surface area contributed by atoms with Gasteiger partial charge in [0.25, 0.3) is 5.56 Å². The Balaban J connectivity index is 1.59. The molecule has 2 aromatic rings. The van der Waals surface area contributed by atoms with Gasteiger partial charge in [0.05, 0.1) is 6.61 Å². The number of nitrogens with zero attached hydrogens (tertiary/aromatic N) is 2. The minimum Gasteiger partial charge on any atom is -0.493 e. The molecule has 0 atom stereocenters. The lowest BCUT2D eigenvalue weighted by molar-refractivity contribution is 0.200. The van der Waals surface area contributed by atoms with Crippen LogP contribution in [0.5, 0.6) is 5.75 Å². The molecular formula is C21H28N2O2. The van der Waals surface area contributed by atoms with Gasteiger partial charge < -0.3 is 9.30 Å². The van der Waals surface area contributed by atoms with E-state index in [4.69, 9.17) is 4.74 Å². The van der Waals surface area contributed by atoms with Gasteiger partial charge in [0.15, 0.2) is 0 Å². The number of para-hydroxylation sites is 1. The summed E-state index contributed by atoms with van der Waals surface area (Å²) in [5.74, 6) is 1.51. The van der Waals surface area contributed by atoms with Crippen molar-refractivity contribution in [2.24, 2.45) is 7.05 Å². The molecule has 1 aliphatic rings. The zero-order valence-corrected chi connectivity index (χ0v) is 15.3. The van der Waals surface area contributed by atoms with Crippen molar-refractivity contribution in [2.45, 2.75) is 38.6 Å². The first kappa shape index (κ1) is 17.7. The fraction of sp³-hybridized carbons (Fsp3) is 0.476. The van der Waals surface area contributed by atoms with Crippen molar-refractivity contribution in [1.82, 2.24) is 9.47 Å². The normalized spacial score (nSPS) is 16.1. The number of likely N-dealkylation sites (tertiary alicyclic amines) is 1. The van der Waals surface area contributed by atoms with Crippen LogP contribution in [-0.4, -0.2) is 29.2 Å². The third-order valence-electron chi connectivity index (χ3n) is 5.02. The van der Waals surface area contributed by atoms with Crippen molar-refractivity contribution in [1.29, 1.82) is 0 Å². The minimum absolute atomic E-state index is 0.0851. The molecule has 4 heteroatoms. The van der Waals surface area contributed by atoms with E-state index in [1.54, 1.807) is 17.7 Å². The van der Waals surface area contributed by atoms with E-state index in [1.807, 2.05) is 12.3 Å². The van der Waals surface area contributed by atoms with Crippen molar-refractivity contribution < 1.29 is 4.74 Å². The van der Waals surface area contributed by atoms with Crippen LogP contribution in [0.2, 0.25) is 0 Å². The SMILES string of the molecule is CCCOc1ccccc1CN1CCC(c2ccn(C)c(=O)c2)CC1. The summed E-state index contributed by atoms with van der Waals surface area (Å²) in [6.45, 7) is 5.94. The Hall–Kier alpha value is -2.07. The van der Waals surface area contributed by atoms with Crippen molar-refractivity contribution in [2.75, 3.05) is 19.7 Å². The van der Waals surface area contributed by atoms with Crippen molar-refractivity contribution in [3.8, 4) is 5.75 Å². The number of pyridine rings is 1. The van der Waals surface area contributed by atoms with Gasteiger partial charge in [-0.1, -0.05) is 25.1 Å². The highest BCUT2D eigenvalue weighted by molar-refractivity contribution is 5.33. The molecule has 1 aromatic carbocycles. The number of hydrogen-bond acceptors (Lipinski definition) is 3. The first-order chi connectivity index (χ1) is 12.2. The maximum Gasteiger partial charge on any atom is 0.250 e. The first-order valence-corrected chi connectivity index (χ1v) is 9.27. The Morgan fingerprint density at radius 3 is 2.64 bits per heavy atom. The van der Waals surface area contributed by atoms with Crippen LogP contribution in [0.4, 0.5) is 0 Å². The Labute approximate surface area is 150 Å². The maximum absolute atomic E-state index is 11.9. The van der Waals surface area contributed by atoms with Gasteiger partial charge in [-0.05, 0) is 56.0 Å². The van der Waals surface area contributed by atoms with Crippen LogP contribution in [0, 0.1) is 0 Å². The summed E-state index contributed by atoms with van der Waals surface area (Å²) in [6, 6.07) is 12.2. The standard InChI is InChI=1S/C21H28N2O2/c1-3-14-25-20-7-5-4-6-19(20)16-23-12-9-17(10-13-23)18-8-11-22(2)21(24)15-18/h4-8,11,15,17H,3,9-10,12-14,16H2,1-2H3. The largest absolute Gasteiger partial charge is 0.493 e. The molecule has 0 saturated carbocycles. The third-order valence-corrected chi connectivity index (χ3v) is 5.02. The molecule has 4 nitrogen and oxygen atoms in total. The lowest BCUT2D eigenvalue weighted by atomic mass is 9.90. The summed E-state index contributed by atoms with van der Waals surface area (Å²) in [5, 5.41) is 0. The van der Waals surface area contributed by atoms with E-state index in [2.05, 4.69) is 36.1 Å². The van der Waals surface area contributed by atoms with E-state index in [0.717, 1.165) is 51.3 Å². The second kappa shape index (κ2) is 8.34. The Bertz CT molecular complexity index is 746. The number of hydrogen-bond donors (Lipinski definition) is 0. The minimum atomic E-state index is 0.0851. The van der Waals surface area contributed by atoms with E-state index >= 15 is 0 Å². The summed E-state index contributed by atoms with van der Waals surface area (Å²) in [7, 11) is 1.80. The molecule has 1 saturated heterocycles. The monoisotopic (exact) mass is 340 g/mol. The summed E-state index contributed by atoms with van der Waals surface area (Å²) in [4.78, 5) is 14.3. The Kier molecular flexibility index (Phi) is 5.92. The summed E-state index contributed by atoms with van der Waals surface area (Å²) in [5.41, 5.74) is 2.54. The zero-order chi connectivity index (χ0) is 17.6. The highest BCUT2D eigenvalue weighted by Crippen LogP contribution is 2.29. The Morgan fingerprint density at radius 1 is 1.16 bits per heavy atom. The van der Waals surface area contributed by atoms with Crippen molar-refractivity contribution >= 4 is 0 Å². The van der Waals surface area contributed by atoms with Crippen LogP contribution in [0.1, 0.15) is 43.2 Å². The molecular weight excluding hydrogens is 312 g/mol. The van der Waals surface area contributed by atoms with E-state index in [-0.39, 0.29) is 5.56 Å². The molecule has 2 heterocycles. The van der Waals surface area contributed by atoms with Crippen LogP contribution in [0.25, 0.3) is 0 Å². The predicted molar refractivity (Wildman–Crippen MR) is 101 cm³/mol. The van der Waals surface area contributed by atoms with Crippen molar-refractivity contribution in [3.05, 3.63) is 64.1 Å². The highest BCUT2D eigenvalue weighted by atomic mass is 16.5. The number of benzene rings is 1. The van der Waals surface area contributed by atoms with Gasteiger partial charge in [-0.25, -0.2) is 0 Å². The van der Waals surface area contributed by atoms with Gasteiger partial charge in [0.2, 0.25) is 0 Å². The fourth-order valence-corrected chi connectivity index (χ4v) is 3.47. The van der Waals surface area contributed by atoms with Crippen molar-refractivity contribution in [3.63, 3.8) is 0 Å². The molecule has 1 aliphatic heterocycles. The fourth-order valence-electron chi connectivity index (χ4n) is 3.47. The summed E-state index contributed by atoms with van der Waals surface area (Å²) < 4.78 is 7.51. The zero-order valence-electron chi connectivity index (χ0n) is 15.3. The number of piperidine rings is 1. The van der Waals surface area contributed by atoms with E-state index in [1.165, 1.54) is 11.1 Å². The lowest BCUT2D eigenvalue weighted by Gasteiger charge is -2.32. The van der Waals surface area contributed by atoms with Gasteiger partial charge in [0, 0.05) is 31.4 Å². The quantitative estimate of drug-likeness (QED) is 0.806. The molecule has 0 aliphatic carbocycles. The van der Waals surface area contributed by atoms with E-state index in [0.29, 0.717) is 5.92 Å². The third kappa shape index (κ3) is 4.51. The highest BCUT2D eigenvalue weighted by Gasteiger charge is 2.21. The molecule has 134 valence electrons. The second-order valence-electron chi connectivity index (χ2n) is 6.92. The molecule has 0 N–H and O–H groups in total. The molecule has 1 fully saturated rings.